The van der Waals surface area contributed by atoms with E-state index in [1.807, 2.05) is 0 Å². The van der Waals surface area contributed by atoms with E-state index in [0.717, 1.165) is 0 Å². The fourth-order valence-corrected chi connectivity index (χ4v) is 12.1. The lowest BCUT2D eigenvalue weighted by atomic mass is 9.92. The van der Waals surface area contributed by atoms with E-state index in [4.69, 9.17) is 0 Å². The number of hydrogen-bond donors (Lipinski definition) is 0. The lowest BCUT2D eigenvalue weighted by Crippen LogP contribution is -1.87. The fraction of sp³-hybridized carbons (Fsp3) is 0.0462. The van der Waals surface area contributed by atoms with Gasteiger partial charge in [0.05, 0.1) is 33.1 Å². The summed E-state index contributed by atoms with van der Waals surface area (Å²) in [5.41, 5.74) is 18.9. The summed E-state index contributed by atoms with van der Waals surface area (Å²) in [5.74, 6) is 0.499. The molecule has 4 heterocycles. The Kier molecular flexibility index (Phi) is 7.45. The molecular formula is C65H42N2. The highest BCUT2D eigenvalue weighted by Crippen LogP contribution is 2.48. The Morgan fingerprint density at radius 1 is 0.284 bits per heavy atom. The van der Waals surface area contributed by atoms with E-state index in [1.165, 1.54) is 148 Å². The Labute approximate surface area is 386 Å². The van der Waals surface area contributed by atoms with Gasteiger partial charge in [0.1, 0.15) is 0 Å². The molecule has 0 fully saturated rings. The van der Waals surface area contributed by atoms with Crippen molar-refractivity contribution in [3.05, 3.63) is 218 Å². The van der Waals surface area contributed by atoms with E-state index >= 15 is 0 Å². The Morgan fingerprint density at radius 2 is 0.821 bits per heavy atom. The largest absolute Gasteiger partial charge is 0.308 e. The van der Waals surface area contributed by atoms with Crippen molar-refractivity contribution in [1.29, 1.82) is 0 Å². The number of benzene rings is 11. The van der Waals surface area contributed by atoms with Crippen molar-refractivity contribution < 1.29 is 0 Å². The summed E-state index contributed by atoms with van der Waals surface area (Å²) in [5, 5.41) is 15.5. The van der Waals surface area contributed by atoms with Crippen molar-refractivity contribution in [2.45, 2.75) is 19.8 Å². The summed E-state index contributed by atoms with van der Waals surface area (Å²) in [6.45, 7) is 4.52. The van der Waals surface area contributed by atoms with Gasteiger partial charge >= 0.3 is 0 Å². The number of rotatable bonds is 5. The zero-order valence-electron chi connectivity index (χ0n) is 37.2. The predicted molar refractivity (Wildman–Crippen MR) is 287 cm³/mol. The van der Waals surface area contributed by atoms with Crippen LogP contribution in [0.4, 0.5) is 0 Å². The Hall–Kier alpha value is -8.46. The molecule has 0 N–H and O–H groups in total. The van der Waals surface area contributed by atoms with E-state index < -0.39 is 0 Å². The van der Waals surface area contributed by atoms with Crippen molar-refractivity contribution in [2.75, 3.05) is 0 Å². The number of hydrogen-bond acceptors (Lipinski definition) is 0. The molecule has 0 bridgehead atoms. The van der Waals surface area contributed by atoms with Crippen molar-refractivity contribution >= 4 is 97.7 Å². The number of fused-ring (bicyclic) bond motifs is 16. The maximum Gasteiger partial charge on any atom is 0.0621 e. The summed E-state index contributed by atoms with van der Waals surface area (Å²) < 4.78 is 5.05. The van der Waals surface area contributed by atoms with Crippen LogP contribution in [0.25, 0.3) is 142 Å². The zero-order valence-corrected chi connectivity index (χ0v) is 37.2. The molecule has 0 amide bonds. The minimum Gasteiger partial charge on any atom is -0.308 e. The van der Waals surface area contributed by atoms with Gasteiger partial charge in [0, 0.05) is 43.1 Å². The predicted octanol–water partition coefficient (Wildman–Crippen LogP) is 18.1. The van der Waals surface area contributed by atoms with Crippen LogP contribution in [0.1, 0.15) is 25.3 Å². The molecule has 0 atom stereocenters. The molecule has 0 saturated carbocycles. The molecule has 2 heteroatoms. The maximum atomic E-state index is 2.53. The second kappa shape index (κ2) is 13.5. The number of aromatic nitrogens is 2. The lowest BCUT2D eigenvalue weighted by Gasteiger charge is -2.11. The average Bonchev–Trinajstić information content (AvgIpc) is 4.12. The fourth-order valence-electron chi connectivity index (χ4n) is 12.1. The van der Waals surface area contributed by atoms with Crippen LogP contribution in [0, 0.1) is 0 Å². The molecule has 0 radical (unpaired) electrons. The summed E-state index contributed by atoms with van der Waals surface area (Å²) >= 11 is 0. The molecule has 0 spiro atoms. The third-order valence-corrected chi connectivity index (χ3v) is 15.2. The summed E-state index contributed by atoms with van der Waals surface area (Å²) in [7, 11) is 0. The van der Waals surface area contributed by atoms with E-state index in [2.05, 4.69) is 235 Å². The van der Waals surface area contributed by atoms with E-state index in [9.17, 15) is 0 Å². The van der Waals surface area contributed by atoms with Crippen molar-refractivity contribution in [3.8, 4) is 44.5 Å². The highest BCUT2D eigenvalue weighted by Gasteiger charge is 2.24. The van der Waals surface area contributed by atoms with Gasteiger partial charge in [0.25, 0.3) is 0 Å². The zero-order chi connectivity index (χ0) is 44.1. The van der Waals surface area contributed by atoms with Crippen LogP contribution in [0.3, 0.4) is 0 Å². The number of para-hydroxylation sites is 1. The van der Waals surface area contributed by atoms with Gasteiger partial charge in [-0.05, 0) is 126 Å². The normalized spacial score (nSPS) is 12.5. The van der Waals surface area contributed by atoms with Gasteiger partial charge in [0.2, 0.25) is 0 Å². The molecule has 4 aromatic heterocycles. The monoisotopic (exact) mass is 850 g/mol. The molecular weight excluding hydrogens is 809 g/mol. The van der Waals surface area contributed by atoms with Gasteiger partial charge in [-0.2, -0.15) is 0 Å². The molecule has 15 aromatic rings. The highest BCUT2D eigenvalue weighted by molar-refractivity contribution is 6.32. The Bertz CT molecular complexity index is 4510. The third kappa shape index (κ3) is 5.05. The first-order valence-electron chi connectivity index (χ1n) is 23.6. The van der Waals surface area contributed by atoms with Gasteiger partial charge in [-0.1, -0.05) is 178 Å². The van der Waals surface area contributed by atoms with Gasteiger partial charge in [-0.15, -0.1) is 0 Å². The highest BCUT2D eigenvalue weighted by atomic mass is 14.9. The summed E-state index contributed by atoms with van der Waals surface area (Å²) in [4.78, 5) is 0. The smallest absolute Gasteiger partial charge is 0.0621 e. The standard InChI is InChI=1S/C65H42N2/c1-38(2)39-22-24-40(25-23-39)43-27-30-59-55(34-43)56-36-45(37-57-62-49-17-7-6-14-42(49)26-32-60(62)67(59)65(56)57)48-18-10-19-51-50(48)29-33-61-63(51)53-21-11-20-52-54-35-44(28-31-58(54)66(61)64(52)53)47-16-9-8-15-46(47)41-12-4-3-5-13-41/h3-38H,1-2H3. The van der Waals surface area contributed by atoms with Gasteiger partial charge in [0.15, 0.2) is 0 Å². The second-order valence-electron chi connectivity index (χ2n) is 19.0. The Balaban J connectivity index is 0.962. The van der Waals surface area contributed by atoms with Gasteiger partial charge in [-0.25, -0.2) is 0 Å². The molecule has 0 aliphatic rings. The molecule has 0 aliphatic heterocycles. The molecule has 0 saturated heterocycles. The minimum absolute atomic E-state index is 0.499. The molecule has 15 rings (SSSR count). The minimum atomic E-state index is 0.499. The lowest BCUT2D eigenvalue weighted by molar-refractivity contribution is 0.867. The second-order valence-corrected chi connectivity index (χ2v) is 19.0. The molecule has 312 valence electrons. The van der Waals surface area contributed by atoms with Crippen LogP contribution < -0.4 is 0 Å². The van der Waals surface area contributed by atoms with Crippen LogP contribution >= 0.6 is 0 Å². The van der Waals surface area contributed by atoms with Gasteiger partial charge < -0.3 is 8.80 Å². The van der Waals surface area contributed by atoms with Crippen LogP contribution in [0.5, 0.6) is 0 Å². The van der Waals surface area contributed by atoms with Crippen molar-refractivity contribution in [3.63, 3.8) is 0 Å². The first-order chi connectivity index (χ1) is 33.1. The quantitative estimate of drug-likeness (QED) is 0.163. The van der Waals surface area contributed by atoms with E-state index in [-0.39, 0.29) is 0 Å². The summed E-state index contributed by atoms with van der Waals surface area (Å²) in [6, 6.07) is 79.9. The summed E-state index contributed by atoms with van der Waals surface area (Å²) in [6.07, 6.45) is 0. The van der Waals surface area contributed by atoms with Crippen LogP contribution in [-0.2, 0) is 0 Å². The Morgan fingerprint density at radius 3 is 1.63 bits per heavy atom. The maximum absolute atomic E-state index is 2.53. The van der Waals surface area contributed by atoms with Crippen molar-refractivity contribution in [1.82, 2.24) is 8.80 Å². The topological polar surface area (TPSA) is 8.82 Å². The van der Waals surface area contributed by atoms with Crippen molar-refractivity contribution in [2.24, 2.45) is 0 Å². The molecule has 2 nitrogen and oxygen atoms in total. The molecule has 67 heavy (non-hydrogen) atoms. The SMILES string of the molecule is CC(C)c1ccc(-c2ccc3c(c2)c2cc(-c4cccc5c4ccc4c5c5cccc6c7cc(-c8ccccc8-c8ccccc8)ccc7n4c65)cc4c5c6ccccc6ccc5n3c24)cc1. The molecule has 11 aromatic carbocycles. The van der Waals surface area contributed by atoms with Crippen LogP contribution in [0.15, 0.2) is 212 Å². The van der Waals surface area contributed by atoms with Crippen LogP contribution in [0.2, 0.25) is 0 Å². The average molecular weight is 851 g/mol. The molecule has 0 unspecified atom stereocenters. The first-order valence-corrected chi connectivity index (χ1v) is 23.6. The number of nitrogens with zero attached hydrogens (tertiary/aromatic N) is 2. The first kappa shape index (κ1) is 36.8. The van der Waals surface area contributed by atoms with E-state index in [1.54, 1.807) is 0 Å². The third-order valence-electron chi connectivity index (χ3n) is 15.2. The van der Waals surface area contributed by atoms with E-state index in [0.29, 0.717) is 5.92 Å². The van der Waals surface area contributed by atoms with Gasteiger partial charge in [-0.3, -0.25) is 0 Å². The molecule has 0 aliphatic carbocycles. The van der Waals surface area contributed by atoms with Crippen LogP contribution in [-0.4, -0.2) is 8.80 Å².